The number of alkyl halides is 3. The van der Waals surface area contributed by atoms with Crippen LogP contribution in [0.25, 0.3) is 0 Å². The quantitative estimate of drug-likeness (QED) is 0.847. The molecule has 1 heterocycles. The molecular formula is C13H17ClF3N3O. The fourth-order valence-electron chi connectivity index (χ4n) is 1.70. The molecule has 8 heteroatoms. The summed E-state index contributed by atoms with van der Waals surface area (Å²) in [7, 11) is 0. The minimum Gasteiger partial charge on any atom is -0.352 e. The highest BCUT2D eigenvalue weighted by atomic mass is 35.5. The number of anilines is 1. The number of carbonyl (C=O) groups is 1. The molecule has 1 N–H and O–H groups in total. The monoisotopic (exact) mass is 323 g/mol. The molecule has 1 aromatic rings. The fraction of sp³-hybridized carbons (Fsp3) is 0.538. The van der Waals surface area contributed by atoms with Crippen LogP contribution in [0, 0.1) is 0 Å². The molecule has 0 aliphatic carbocycles. The Bertz CT molecular complexity index is 506. The van der Waals surface area contributed by atoms with Crippen LogP contribution < -0.4 is 10.2 Å². The first kappa shape index (κ1) is 17.6. The maximum Gasteiger partial charge on any atom is 0.416 e. The van der Waals surface area contributed by atoms with Crippen LogP contribution in [0.4, 0.5) is 19.0 Å². The molecule has 0 saturated carbocycles. The number of hydrogen-bond acceptors (Lipinski definition) is 3. The van der Waals surface area contributed by atoms with Gasteiger partial charge in [0.15, 0.2) is 0 Å². The van der Waals surface area contributed by atoms with E-state index in [9.17, 15) is 18.0 Å². The van der Waals surface area contributed by atoms with Crippen LogP contribution in [0.3, 0.4) is 0 Å². The number of likely N-dealkylation sites (N-methyl/N-ethyl adjacent to an activating group) is 1. The molecule has 21 heavy (non-hydrogen) atoms. The van der Waals surface area contributed by atoms with Crippen molar-refractivity contribution >= 4 is 23.3 Å². The third-order valence-corrected chi connectivity index (χ3v) is 2.79. The Morgan fingerprint density at radius 3 is 2.52 bits per heavy atom. The first-order chi connectivity index (χ1) is 9.63. The molecular weight excluding hydrogens is 307 g/mol. The second-order valence-corrected chi connectivity index (χ2v) is 5.16. The Balaban J connectivity index is 3.00. The van der Waals surface area contributed by atoms with Crippen LogP contribution in [0.1, 0.15) is 26.3 Å². The van der Waals surface area contributed by atoms with Crippen LogP contribution in [0.2, 0.25) is 5.15 Å². The van der Waals surface area contributed by atoms with E-state index in [2.05, 4.69) is 10.3 Å². The number of aromatic nitrogens is 1. The molecule has 0 aliphatic rings. The molecule has 0 aliphatic heterocycles. The highest BCUT2D eigenvalue weighted by molar-refractivity contribution is 6.29. The van der Waals surface area contributed by atoms with Gasteiger partial charge in [-0.05, 0) is 32.9 Å². The molecule has 0 aromatic carbocycles. The number of rotatable bonds is 5. The van der Waals surface area contributed by atoms with Gasteiger partial charge in [-0.3, -0.25) is 4.79 Å². The molecule has 1 aromatic heterocycles. The summed E-state index contributed by atoms with van der Waals surface area (Å²) in [6.45, 7) is 5.56. The van der Waals surface area contributed by atoms with E-state index in [-0.39, 0.29) is 29.5 Å². The van der Waals surface area contributed by atoms with Crippen molar-refractivity contribution in [2.24, 2.45) is 0 Å². The van der Waals surface area contributed by atoms with E-state index in [4.69, 9.17) is 11.6 Å². The summed E-state index contributed by atoms with van der Waals surface area (Å²) >= 11 is 5.64. The Morgan fingerprint density at radius 1 is 1.43 bits per heavy atom. The summed E-state index contributed by atoms with van der Waals surface area (Å²) in [6, 6.07) is 1.60. The van der Waals surface area contributed by atoms with E-state index in [1.807, 2.05) is 0 Å². The Hall–Kier alpha value is -1.50. The van der Waals surface area contributed by atoms with Gasteiger partial charge < -0.3 is 10.2 Å². The molecule has 0 bridgehead atoms. The first-order valence-electron chi connectivity index (χ1n) is 6.42. The van der Waals surface area contributed by atoms with Crippen LogP contribution in [0.15, 0.2) is 12.1 Å². The number of hydrogen-bond donors (Lipinski definition) is 1. The van der Waals surface area contributed by atoms with E-state index in [1.165, 1.54) is 4.90 Å². The van der Waals surface area contributed by atoms with Crippen LogP contribution in [-0.2, 0) is 11.0 Å². The number of nitrogens with one attached hydrogen (secondary N) is 1. The maximum atomic E-state index is 12.8. The van der Waals surface area contributed by atoms with E-state index >= 15 is 0 Å². The smallest absolute Gasteiger partial charge is 0.352 e. The Morgan fingerprint density at radius 2 is 2.05 bits per heavy atom. The lowest BCUT2D eigenvalue weighted by atomic mass is 10.2. The zero-order valence-corrected chi connectivity index (χ0v) is 12.7. The molecule has 1 rings (SSSR count). The predicted octanol–water partition coefficient (Wildman–Crippen LogP) is 3.10. The van der Waals surface area contributed by atoms with Crippen molar-refractivity contribution in [1.29, 1.82) is 0 Å². The van der Waals surface area contributed by atoms with Crippen molar-refractivity contribution in [1.82, 2.24) is 10.3 Å². The van der Waals surface area contributed by atoms with Crippen molar-refractivity contribution in [2.75, 3.05) is 18.0 Å². The molecule has 1 amide bonds. The second kappa shape index (κ2) is 6.98. The molecule has 0 atom stereocenters. The number of pyridine rings is 1. The average Bonchev–Trinajstić information content (AvgIpc) is 2.33. The molecule has 0 saturated heterocycles. The number of halogens is 4. The van der Waals surface area contributed by atoms with Gasteiger partial charge in [0.1, 0.15) is 11.0 Å². The Kier molecular flexibility index (Phi) is 5.83. The number of amides is 1. The molecule has 118 valence electrons. The van der Waals surface area contributed by atoms with Gasteiger partial charge in [-0.15, -0.1) is 0 Å². The molecule has 0 unspecified atom stereocenters. The Labute approximate surface area is 126 Å². The van der Waals surface area contributed by atoms with Gasteiger partial charge in [-0.1, -0.05) is 11.6 Å². The SMILES string of the molecule is CCN(CC(=O)NC(C)C)c1cc(C(F)(F)F)cc(Cl)n1. The van der Waals surface area contributed by atoms with E-state index in [1.54, 1.807) is 20.8 Å². The number of nitrogens with zero attached hydrogens (tertiary/aromatic N) is 2. The molecule has 0 spiro atoms. The highest BCUT2D eigenvalue weighted by Gasteiger charge is 2.32. The van der Waals surface area contributed by atoms with Crippen molar-refractivity contribution in [3.05, 3.63) is 22.8 Å². The lowest BCUT2D eigenvalue weighted by Gasteiger charge is -2.23. The molecule has 0 radical (unpaired) electrons. The van der Waals surface area contributed by atoms with Gasteiger partial charge in [0.25, 0.3) is 0 Å². The number of carbonyl (C=O) groups excluding carboxylic acids is 1. The summed E-state index contributed by atoms with van der Waals surface area (Å²) in [5.41, 5.74) is -0.889. The van der Waals surface area contributed by atoms with Crippen LogP contribution in [0.5, 0.6) is 0 Å². The van der Waals surface area contributed by atoms with Gasteiger partial charge in [-0.25, -0.2) is 4.98 Å². The fourth-order valence-corrected chi connectivity index (χ4v) is 1.91. The lowest BCUT2D eigenvalue weighted by Crippen LogP contribution is -2.40. The van der Waals surface area contributed by atoms with Crippen LogP contribution in [-0.4, -0.2) is 30.0 Å². The molecule has 4 nitrogen and oxygen atoms in total. The third-order valence-electron chi connectivity index (χ3n) is 2.60. The van der Waals surface area contributed by atoms with Gasteiger partial charge in [0.2, 0.25) is 5.91 Å². The third kappa shape index (κ3) is 5.41. The van der Waals surface area contributed by atoms with Crippen molar-refractivity contribution in [2.45, 2.75) is 33.0 Å². The van der Waals surface area contributed by atoms with Gasteiger partial charge in [0.05, 0.1) is 12.1 Å². The average molecular weight is 324 g/mol. The summed E-state index contributed by atoms with van der Waals surface area (Å²) in [4.78, 5) is 17.0. The summed E-state index contributed by atoms with van der Waals surface area (Å²) < 4.78 is 38.3. The second-order valence-electron chi connectivity index (χ2n) is 4.77. The van der Waals surface area contributed by atoms with Gasteiger partial charge >= 0.3 is 6.18 Å². The summed E-state index contributed by atoms with van der Waals surface area (Å²) in [5, 5.41) is 2.41. The minimum atomic E-state index is -4.51. The summed E-state index contributed by atoms with van der Waals surface area (Å²) in [5.74, 6) is -0.265. The lowest BCUT2D eigenvalue weighted by molar-refractivity contribution is -0.137. The normalized spacial score (nSPS) is 11.6. The van der Waals surface area contributed by atoms with Crippen molar-refractivity contribution in [3.63, 3.8) is 0 Å². The summed E-state index contributed by atoms with van der Waals surface area (Å²) in [6.07, 6.45) is -4.51. The maximum absolute atomic E-state index is 12.8. The van der Waals surface area contributed by atoms with Crippen LogP contribution >= 0.6 is 11.6 Å². The predicted molar refractivity (Wildman–Crippen MR) is 75.4 cm³/mol. The largest absolute Gasteiger partial charge is 0.416 e. The minimum absolute atomic E-state index is 0.0243. The topological polar surface area (TPSA) is 45.2 Å². The zero-order chi connectivity index (χ0) is 16.2. The van der Waals surface area contributed by atoms with Crippen molar-refractivity contribution < 1.29 is 18.0 Å². The van der Waals surface area contributed by atoms with Gasteiger partial charge in [-0.2, -0.15) is 13.2 Å². The highest BCUT2D eigenvalue weighted by Crippen LogP contribution is 2.32. The zero-order valence-electron chi connectivity index (χ0n) is 12.0. The van der Waals surface area contributed by atoms with E-state index < -0.39 is 11.7 Å². The van der Waals surface area contributed by atoms with E-state index in [0.717, 1.165) is 12.1 Å². The van der Waals surface area contributed by atoms with E-state index in [0.29, 0.717) is 6.54 Å². The van der Waals surface area contributed by atoms with Gasteiger partial charge in [0, 0.05) is 12.6 Å². The molecule has 0 fully saturated rings. The van der Waals surface area contributed by atoms with Crippen molar-refractivity contribution in [3.8, 4) is 0 Å². The first-order valence-corrected chi connectivity index (χ1v) is 6.80. The standard InChI is InChI=1S/C13H17ClF3N3O/c1-4-20(7-12(21)18-8(2)3)11-6-9(13(15,16)17)5-10(14)19-11/h5-6,8H,4,7H2,1-3H3,(H,18,21).